The molecular weight excluding hydrogens is 418 g/mol. The van der Waals surface area contributed by atoms with E-state index in [0.29, 0.717) is 22.6 Å². The molecule has 0 aliphatic heterocycles. The van der Waals surface area contributed by atoms with Crippen LogP contribution in [0.2, 0.25) is 0 Å². The molecule has 0 aliphatic carbocycles. The Labute approximate surface area is 189 Å². The summed E-state index contributed by atoms with van der Waals surface area (Å²) in [6, 6.07) is 26.2. The quantitative estimate of drug-likeness (QED) is 0.335. The highest BCUT2D eigenvalue weighted by atomic mass is 32.1. The fraction of sp³-hybridized carbons (Fsp3) is 0.0741. The first-order valence-corrected chi connectivity index (χ1v) is 11.1. The number of aromatic nitrogens is 1. The first-order valence-electron chi connectivity index (χ1n) is 10.2. The van der Waals surface area contributed by atoms with Crippen molar-refractivity contribution in [1.29, 1.82) is 0 Å². The van der Waals surface area contributed by atoms with Crippen LogP contribution in [-0.2, 0) is 0 Å². The van der Waals surface area contributed by atoms with Crippen molar-refractivity contribution in [3.05, 3.63) is 94.6 Å². The summed E-state index contributed by atoms with van der Waals surface area (Å²) in [6.45, 7) is 0. The molecule has 0 amide bonds. The number of ether oxygens (including phenoxy) is 2. The predicted molar refractivity (Wildman–Crippen MR) is 132 cm³/mol. The van der Waals surface area contributed by atoms with Gasteiger partial charge in [-0.3, -0.25) is 4.79 Å². The molecule has 0 unspecified atom stereocenters. The highest BCUT2D eigenvalue weighted by molar-refractivity contribution is 7.13. The lowest BCUT2D eigenvalue weighted by atomic mass is 9.92. The van der Waals surface area contributed by atoms with Crippen LogP contribution in [0.3, 0.4) is 0 Å². The lowest BCUT2D eigenvalue weighted by Gasteiger charge is -2.16. The maximum atomic E-state index is 13.3. The van der Waals surface area contributed by atoms with Gasteiger partial charge in [0, 0.05) is 21.9 Å². The SMILES string of the molecule is COc1cc2[nH]c(=O)c(-c3cccs3)c(-c3cccc(-c4ccccc4)c3)c2cc1OC. The number of benzene rings is 3. The summed E-state index contributed by atoms with van der Waals surface area (Å²) in [7, 11) is 3.21. The summed E-state index contributed by atoms with van der Waals surface area (Å²) < 4.78 is 11.0. The highest BCUT2D eigenvalue weighted by Gasteiger charge is 2.19. The second-order valence-electron chi connectivity index (χ2n) is 7.38. The van der Waals surface area contributed by atoms with Crippen molar-refractivity contribution in [2.45, 2.75) is 0 Å². The average molecular weight is 440 g/mol. The molecule has 0 atom stereocenters. The Morgan fingerprint density at radius 3 is 2.16 bits per heavy atom. The van der Waals surface area contributed by atoms with Gasteiger partial charge in [0.15, 0.2) is 11.5 Å². The van der Waals surface area contributed by atoms with Gasteiger partial charge in [-0.1, -0.05) is 54.6 Å². The minimum atomic E-state index is -0.132. The van der Waals surface area contributed by atoms with Gasteiger partial charge >= 0.3 is 0 Å². The van der Waals surface area contributed by atoms with E-state index < -0.39 is 0 Å². The van der Waals surface area contributed by atoms with E-state index in [0.717, 1.165) is 32.5 Å². The van der Waals surface area contributed by atoms with Crippen LogP contribution >= 0.6 is 11.3 Å². The average Bonchev–Trinajstić information content (AvgIpc) is 3.37. The molecule has 5 rings (SSSR count). The molecule has 0 saturated heterocycles. The third-order valence-electron chi connectivity index (χ3n) is 5.54. The third-order valence-corrected chi connectivity index (χ3v) is 6.43. The predicted octanol–water partition coefficient (Wildman–Crippen LogP) is 6.61. The summed E-state index contributed by atoms with van der Waals surface area (Å²) in [5.41, 5.74) is 5.29. The van der Waals surface area contributed by atoms with Crippen LogP contribution in [0.4, 0.5) is 0 Å². The van der Waals surface area contributed by atoms with Crippen molar-refractivity contribution in [3.8, 4) is 44.2 Å². The topological polar surface area (TPSA) is 51.3 Å². The molecule has 32 heavy (non-hydrogen) atoms. The lowest BCUT2D eigenvalue weighted by molar-refractivity contribution is 0.356. The van der Waals surface area contributed by atoms with Gasteiger partial charge in [-0.25, -0.2) is 0 Å². The Balaban J connectivity index is 1.86. The van der Waals surface area contributed by atoms with Gasteiger partial charge in [-0.05, 0) is 40.3 Å². The Hall–Kier alpha value is -3.83. The molecule has 0 fully saturated rings. The molecule has 5 aromatic rings. The smallest absolute Gasteiger partial charge is 0.257 e. The summed E-state index contributed by atoms with van der Waals surface area (Å²) in [6.07, 6.45) is 0. The number of rotatable bonds is 5. The minimum Gasteiger partial charge on any atom is -0.493 e. The molecular formula is C27H21NO3S. The Bertz CT molecular complexity index is 1450. The summed E-state index contributed by atoms with van der Waals surface area (Å²) in [5.74, 6) is 1.19. The van der Waals surface area contributed by atoms with E-state index in [1.807, 2.05) is 53.9 Å². The van der Waals surface area contributed by atoms with Gasteiger partial charge in [0.2, 0.25) is 0 Å². The van der Waals surface area contributed by atoms with Crippen molar-refractivity contribution < 1.29 is 9.47 Å². The number of nitrogens with one attached hydrogen (secondary N) is 1. The van der Waals surface area contributed by atoms with Crippen molar-refractivity contribution in [3.63, 3.8) is 0 Å². The molecule has 2 aromatic heterocycles. The van der Waals surface area contributed by atoms with Gasteiger partial charge in [0.1, 0.15) is 0 Å². The molecule has 158 valence electrons. The maximum absolute atomic E-state index is 13.3. The summed E-state index contributed by atoms with van der Waals surface area (Å²) >= 11 is 1.55. The molecule has 4 nitrogen and oxygen atoms in total. The van der Waals surface area contributed by atoms with Crippen LogP contribution in [0.25, 0.3) is 43.6 Å². The minimum absolute atomic E-state index is 0.132. The zero-order chi connectivity index (χ0) is 22.1. The van der Waals surface area contributed by atoms with Gasteiger partial charge in [0.25, 0.3) is 5.56 Å². The van der Waals surface area contributed by atoms with Crippen LogP contribution < -0.4 is 15.0 Å². The monoisotopic (exact) mass is 439 g/mol. The molecule has 0 aliphatic rings. The zero-order valence-corrected chi connectivity index (χ0v) is 18.5. The van der Waals surface area contributed by atoms with Crippen molar-refractivity contribution >= 4 is 22.2 Å². The first kappa shape index (κ1) is 20.1. The number of pyridine rings is 1. The standard InChI is InChI=1S/C27H21NO3S/c1-30-22-15-20-21(16-23(22)31-2)28-27(29)26(24-12-7-13-32-24)25(20)19-11-6-10-18(14-19)17-8-4-3-5-9-17/h3-16H,1-2H3,(H,28,29). The van der Waals surface area contributed by atoms with E-state index in [2.05, 4.69) is 35.3 Å². The van der Waals surface area contributed by atoms with E-state index in [4.69, 9.17) is 9.47 Å². The van der Waals surface area contributed by atoms with E-state index >= 15 is 0 Å². The number of hydrogen-bond acceptors (Lipinski definition) is 4. The second-order valence-corrected chi connectivity index (χ2v) is 8.33. The maximum Gasteiger partial charge on any atom is 0.257 e. The first-order chi connectivity index (χ1) is 15.7. The van der Waals surface area contributed by atoms with Crippen LogP contribution in [-0.4, -0.2) is 19.2 Å². The van der Waals surface area contributed by atoms with Gasteiger partial charge in [-0.2, -0.15) is 0 Å². The van der Waals surface area contributed by atoms with Gasteiger partial charge in [0.05, 0.1) is 25.3 Å². The number of aromatic amines is 1. The molecule has 3 aromatic carbocycles. The normalized spacial score (nSPS) is 10.9. The van der Waals surface area contributed by atoms with E-state index in [-0.39, 0.29) is 5.56 Å². The largest absolute Gasteiger partial charge is 0.493 e. The van der Waals surface area contributed by atoms with Crippen LogP contribution in [0.15, 0.2) is 89.0 Å². The fourth-order valence-corrected chi connectivity index (χ4v) is 4.84. The zero-order valence-electron chi connectivity index (χ0n) is 17.7. The molecule has 0 spiro atoms. The molecule has 5 heteroatoms. The number of H-pyrrole nitrogens is 1. The number of fused-ring (bicyclic) bond motifs is 1. The second kappa shape index (κ2) is 8.36. The molecule has 0 radical (unpaired) electrons. The summed E-state index contributed by atoms with van der Waals surface area (Å²) in [5, 5.41) is 2.88. The van der Waals surface area contributed by atoms with Crippen LogP contribution in [0.5, 0.6) is 11.5 Å². The van der Waals surface area contributed by atoms with Crippen molar-refractivity contribution in [1.82, 2.24) is 4.98 Å². The van der Waals surface area contributed by atoms with Crippen molar-refractivity contribution in [2.75, 3.05) is 14.2 Å². The number of hydrogen-bond donors (Lipinski definition) is 1. The third kappa shape index (κ3) is 3.47. The van der Waals surface area contributed by atoms with Crippen molar-refractivity contribution in [2.24, 2.45) is 0 Å². The lowest BCUT2D eigenvalue weighted by Crippen LogP contribution is -2.11. The molecule has 1 N–H and O–H groups in total. The highest BCUT2D eigenvalue weighted by Crippen LogP contribution is 2.41. The van der Waals surface area contributed by atoms with Crippen LogP contribution in [0, 0.1) is 0 Å². The summed E-state index contributed by atoms with van der Waals surface area (Å²) in [4.78, 5) is 17.3. The molecule has 0 bridgehead atoms. The van der Waals surface area contributed by atoms with E-state index in [1.54, 1.807) is 25.6 Å². The Kier molecular flexibility index (Phi) is 5.25. The Morgan fingerprint density at radius 2 is 1.44 bits per heavy atom. The van der Waals surface area contributed by atoms with Gasteiger partial charge in [-0.15, -0.1) is 11.3 Å². The Morgan fingerprint density at radius 1 is 0.719 bits per heavy atom. The number of thiophene rings is 1. The van der Waals surface area contributed by atoms with Crippen LogP contribution in [0.1, 0.15) is 0 Å². The number of methoxy groups -OCH3 is 2. The fourth-order valence-electron chi connectivity index (χ4n) is 4.06. The van der Waals surface area contributed by atoms with E-state index in [1.165, 1.54) is 0 Å². The molecule has 0 saturated carbocycles. The van der Waals surface area contributed by atoms with E-state index in [9.17, 15) is 4.79 Å². The molecule has 2 heterocycles. The van der Waals surface area contributed by atoms with Gasteiger partial charge < -0.3 is 14.5 Å².